The van der Waals surface area contributed by atoms with Gasteiger partial charge in [-0.3, -0.25) is 10.1 Å². The van der Waals surface area contributed by atoms with Crippen LogP contribution in [0.25, 0.3) is 0 Å². The van der Waals surface area contributed by atoms with Gasteiger partial charge < -0.3 is 10.1 Å². The van der Waals surface area contributed by atoms with Crippen molar-refractivity contribution >= 4 is 11.4 Å². The van der Waals surface area contributed by atoms with E-state index in [1.165, 1.54) is 12.8 Å². The molecule has 106 valence electrons. The Kier molecular flexibility index (Phi) is 6.71. The van der Waals surface area contributed by atoms with E-state index in [0.717, 1.165) is 19.4 Å². The molecule has 0 heterocycles. The first kappa shape index (κ1) is 15.3. The number of anilines is 1. The standard InChI is InChI=1S/C14H22N2O3/c1-3-5-6-7-11-15-12-9-8-10-13(19-4-2)14(12)16(17)18/h8-10,15H,3-7,11H2,1-2H3. The van der Waals surface area contributed by atoms with Crippen LogP contribution in [0.5, 0.6) is 5.75 Å². The first-order valence-electron chi connectivity index (χ1n) is 6.84. The smallest absolute Gasteiger partial charge is 0.333 e. The van der Waals surface area contributed by atoms with E-state index < -0.39 is 0 Å². The Morgan fingerprint density at radius 2 is 2.05 bits per heavy atom. The maximum absolute atomic E-state index is 11.1. The quantitative estimate of drug-likeness (QED) is 0.417. The number of nitro groups is 1. The molecule has 0 aliphatic rings. The summed E-state index contributed by atoms with van der Waals surface area (Å²) in [7, 11) is 0. The second kappa shape index (κ2) is 8.34. The van der Waals surface area contributed by atoms with Crippen LogP contribution in [0.2, 0.25) is 0 Å². The molecule has 0 bridgehead atoms. The van der Waals surface area contributed by atoms with Crippen LogP contribution < -0.4 is 10.1 Å². The van der Waals surface area contributed by atoms with E-state index in [-0.39, 0.29) is 10.6 Å². The van der Waals surface area contributed by atoms with Gasteiger partial charge in [-0.05, 0) is 25.5 Å². The number of para-hydroxylation sites is 1. The maximum Gasteiger partial charge on any atom is 0.333 e. The van der Waals surface area contributed by atoms with Crippen molar-refractivity contribution in [3.05, 3.63) is 28.3 Å². The number of nitrogens with one attached hydrogen (secondary N) is 1. The van der Waals surface area contributed by atoms with Crippen LogP contribution in [-0.2, 0) is 0 Å². The first-order chi connectivity index (χ1) is 9.20. The maximum atomic E-state index is 11.1. The topological polar surface area (TPSA) is 64.4 Å². The molecule has 19 heavy (non-hydrogen) atoms. The van der Waals surface area contributed by atoms with Crippen LogP contribution in [0.3, 0.4) is 0 Å². The Morgan fingerprint density at radius 1 is 1.26 bits per heavy atom. The SMILES string of the molecule is CCCCCCNc1cccc(OCC)c1[N+](=O)[O-]. The van der Waals surface area contributed by atoms with Crippen molar-refractivity contribution in [3.8, 4) is 5.75 Å². The van der Waals surface area contributed by atoms with Crippen molar-refractivity contribution in [2.45, 2.75) is 39.5 Å². The summed E-state index contributed by atoms with van der Waals surface area (Å²) >= 11 is 0. The fourth-order valence-corrected chi connectivity index (χ4v) is 1.90. The molecule has 0 unspecified atom stereocenters. The van der Waals surface area contributed by atoms with E-state index in [1.807, 2.05) is 6.92 Å². The van der Waals surface area contributed by atoms with E-state index in [0.29, 0.717) is 18.0 Å². The minimum atomic E-state index is -0.390. The predicted molar refractivity (Wildman–Crippen MR) is 76.9 cm³/mol. The molecule has 0 spiro atoms. The Balaban J connectivity index is 2.70. The Morgan fingerprint density at radius 3 is 2.68 bits per heavy atom. The molecule has 5 nitrogen and oxygen atoms in total. The van der Waals surface area contributed by atoms with E-state index in [2.05, 4.69) is 12.2 Å². The van der Waals surface area contributed by atoms with E-state index >= 15 is 0 Å². The summed E-state index contributed by atoms with van der Waals surface area (Å²) < 4.78 is 5.30. The van der Waals surface area contributed by atoms with Crippen molar-refractivity contribution in [1.82, 2.24) is 0 Å². The molecule has 0 amide bonds. The van der Waals surface area contributed by atoms with Crippen molar-refractivity contribution in [1.29, 1.82) is 0 Å². The number of hydrogen-bond donors (Lipinski definition) is 1. The highest BCUT2D eigenvalue weighted by Gasteiger charge is 2.20. The van der Waals surface area contributed by atoms with Crippen molar-refractivity contribution in [3.63, 3.8) is 0 Å². The van der Waals surface area contributed by atoms with Gasteiger partial charge in [-0.15, -0.1) is 0 Å². The van der Waals surface area contributed by atoms with E-state index in [9.17, 15) is 10.1 Å². The summed E-state index contributed by atoms with van der Waals surface area (Å²) in [5, 5.41) is 14.3. The number of hydrogen-bond acceptors (Lipinski definition) is 4. The van der Waals surface area contributed by atoms with Gasteiger partial charge in [0.1, 0.15) is 5.69 Å². The van der Waals surface area contributed by atoms with Gasteiger partial charge >= 0.3 is 5.69 Å². The zero-order chi connectivity index (χ0) is 14.1. The summed E-state index contributed by atoms with van der Waals surface area (Å²) in [6.07, 6.45) is 4.54. The number of nitrogens with zero attached hydrogens (tertiary/aromatic N) is 1. The normalized spacial score (nSPS) is 10.2. The number of nitro benzene ring substituents is 1. The summed E-state index contributed by atoms with van der Waals surface area (Å²) in [6.45, 7) is 5.13. The van der Waals surface area contributed by atoms with E-state index in [4.69, 9.17) is 4.74 Å². The first-order valence-corrected chi connectivity index (χ1v) is 6.84. The zero-order valence-electron chi connectivity index (χ0n) is 11.6. The highest BCUT2D eigenvalue weighted by Crippen LogP contribution is 2.34. The molecule has 1 aromatic carbocycles. The van der Waals surface area contributed by atoms with Gasteiger partial charge in [-0.25, -0.2) is 0 Å². The zero-order valence-corrected chi connectivity index (χ0v) is 11.6. The minimum absolute atomic E-state index is 0.0276. The lowest BCUT2D eigenvalue weighted by molar-refractivity contribution is -0.384. The molecule has 0 saturated heterocycles. The highest BCUT2D eigenvalue weighted by atomic mass is 16.6. The van der Waals surface area contributed by atoms with Crippen molar-refractivity contribution in [2.24, 2.45) is 0 Å². The van der Waals surface area contributed by atoms with Crippen LogP contribution in [0.4, 0.5) is 11.4 Å². The second-order valence-electron chi connectivity index (χ2n) is 4.33. The van der Waals surface area contributed by atoms with Gasteiger partial charge in [0.15, 0.2) is 5.75 Å². The van der Waals surface area contributed by atoms with Crippen molar-refractivity contribution in [2.75, 3.05) is 18.5 Å². The van der Waals surface area contributed by atoms with Crippen LogP contribution in [-0.4, -0.2) is 18.1 Å². The van der Waals surface area contributed by atoms with E-state index in [1.54, 1.807) is 18.2 Å². The van der Waals surface area contributed by atoms with Crippen LogP contribution in [0, 0.1) is 10.1 Å². The minimum Gasteiger partial charge on any atom is -0.487 e. The molecule has 1 aromatic rings. The van der Waals surface area contributed by atoms with Gasteiger partial charge in [-0.1, -0.05) is 32.3 Å². The fourth-order valence-electron chi connectivity index (χ4n) is 1.90. The van der Waals surface area contributed by atoms with Gasteiger partial charge in [0.25, 0.3) is 0 Å². The third kappa shape index (κ3) is 4.77. The Labute approximate surface area is 114 Å². The number of rotatable bonds is 9. The molecule has 1 rings (SSSR count). The molecule has 1 N–H and O–H groups in total. The molecule has 0 aromatic heterocycles. The number of benzene rings is 1. The summed E-state index contributed by atoms with van der Waals surface area (Å²) in [5.41, 5.74) is 0.562. The largest absolute Gasteiger partial charge is 0.487 e. The second-order valence-corrected chi connectivity index (χ2v) is 4.33. The molecule has 0 atom stereocenters. The molecule has 0 aliphatic heterocycles. The molecule has 0 aliphatic carbocycles. The van der Waals surface area contributed by atoms with Crippen molar-refractivity contribution < 1.29 is 9.66 Å². The van der Waals surface area contributed by atoms with Gasteiger partial charge in [-0.2, -0.15) is 0 Å². The Bertz CT molecular complexity index is 408. The molecule has 0 radical (unpaired) electrons. The highest BCUT2D eigenvalue weighted by molar-refractivity contribution is 5.68. The molecular weight excluding hydrogens is 244 g/mol. The molecular formula is C14H22N2O3. The monoisotopic (exact) mass is 266 g/mol. The van der Waals surface area contributed by atoms with Crippen LogP contribution in [0.1, 0.15) is 39.5 Å². The predicted octanol–water partition coefficient (Wildman–Crippen LogP) is 3.99. The lowest BCUT2D eigenvalue weighted by Gasteiger charge is -2.10. The number of unbranched alkanes of at least 4 members (excludes halogenated alkanes) is 3. The van der Waals surface area contributed by atoms with Crippen LogP contribution in [0.15, 0.2) is 18.2 Å². The van der Waals surface area contributed by atoms with Gasteiger partial charge in [0.2, 0.25) is 0 Å². The summed E-state index contributed by atoms with van der Waals surface area (Å²) in [6, 6.07) is 5.12. The molecule has 0 fully saturated rings. The summed E-state index contributed by atoms with van der Waals surface area (Å²) in [5.74, 6) is 0.325. The molecule has 5 heteroatoms. The lowest BCUT2D eigenvalue weighted by atomic mass is 10.2. The molecule has 0 saturated carbocycles. The van der Waals surface area contributed by atoms with Gasteiger partial charge in [0.05, 0.1) is 11.5 Å². The third-order valence-electron chi connectivity index (χ3n) is 2.83. The average molecular weight is 266 g/mol. The fraction of sp³-hybridized carbons (Fsp3) is 0.571. The summed E-state index contributed by atoms with van der Waals surface area (Å²) in [4.78, 5) is 10.7. The van der Waals surface area contributed by atoms with Crippen LogP contribution >= 0.6 is 0 Å². The third-order valence-corrected chi connectivity index (χ3v) is 2.83. The van der Waals surface area contributed by atoms with Gasteiger partial charge in [0, 0.05) is 6.54 Å². The number of ether oxygens (including phenoxy) is 1. The average Bonchev–Trinajstić information content (AvgIpc) is 2.38. The Hall–Kier alpha value is -1.78. The lowest BCUT2D eigenvalue weighted by Crippen LogP contribution is -2.06.